The van der Waals surface area contributed by atoms with Crippen molar-refractivity contribution < 1.29 is 118 Å². The van der Waals surface area contributed by atoms with Gasteiger partial charge in [-0.15, -0.1) is 0 Å². The standard InChI is InChI=1S/C43H48O25/c1-59-22-9-16(3-6-19(22)47)4-8-26(50)66-37-32(55)28(51)24(12-44)64-40(37)61-13-25-29(52)33(56)38(68-42-39(57)43(58,14-45)15-62-42)41(65-25)67-36-31(54)27-23(11-21(49)35(60-2)30(27)53)63-34(36)17-5-7-18(46)20(48)10-17/h3-11,24-25,28-29,32-33,37-42,44-49,51-53,55-58H,12-15H2,1-2H3. The van der Waals surface area contributed by atoms with Gasteiger partial charge in [0.1, 0.15) is 59.3 Å². The number of aliphatic hydroxyl groups is 8. The monoisotopic (exact) mass is 964 g/mol. The number of ether oxygens (including phenoxy) is 9. The maximum atomic E-state index is 14.4. The first-order valence-corrected chi connectivity index (χ1v) is 20.4. The van der Waals surface area contributed by atoms with E-state index in [2.05, 4.69) is 0 Å². The zero-order valence-electron chi connectivity index (χ0n) is 35.7. The van der Waals surface area contributed by atoms with Crippen LogP contribution < -0.4 is 19.6 Å². The van der Waals surface area contributed by atoms with Crippen LogP contribution in [0.15, 0.2) is 57.8 Å². The van der Waals surface area contributed by atoms with Crippen LogP contribution in [-0.2, 0) is 33.2 Å². The minimum atomic E-state index is -2.27. The van der Waals surface area contributed by atoms with Gasteiger partial charge in [0.25, 0.3) is 0 Å². The molecule has 3 aromatic carbocycles. The van der Waals surface area contributed by atoms with E-state index in [0.29, 0.717) is 5.56 Å². The SMILES string of the molecule is COc1cc(C=CC(=O)OC2C(OCC3OC(Oc4c(-c5ccc(O)c(O)c5)oc5cc(O)c(OC)c(O)c5c4=O)C(OC4OCC(O)(CO)C4O)C(O)C3O)OC(CO)C(O)C2O)ccc1O. The van der Waals surface area contributed by atoms with Gasteiger partial charge in [-0.05, 0) is 42.0 Å². The van der Waals surface area contributed by atoms with Crippen molar-refractivity contribution in [2.75, 3.05) is 40.6 Å². The first-order valence-electron chi connectivity index (χ1n) is 20.4. The number of methoxy groups -OCH3 is 2. The third kappa shape index (κ3) is 9.65. The van der Waals surface area contributed by atoms with Crippen molar-refractivity contribution >= 4 is 23.0 Å². The Morgan fingerprint density at radius 1 is 0.779 bits per heavy atom. The Labute approximate surface area is 382 Å². The number of rotatable bonds is 15. The number of fused-ring (bicyclic) bond motifs is 1. The van der Waals surface area contributed by atoms with Crippen molar-refractivity contribution in [2.24, 2.45) is 0 Å². The highest BCUT2D eigenvalue weighted by atomic mass is 16.8. The Balaban J connectivity index is 1.23. The Morgan fingerprint density at radius 3 is 2.13 bits per heavy atom. The van der Waals surface area contributed by atoms with Crippen LogP contribution in [0.1, 0.15) is 5.56 Å². The first kappa shape index (κ1) is 49.9. The second-order valence-electron chi connectivity index (χ2n) is 15.8. The third-order valence-electron chi connectivity index (χ3n) is 11.4. The number of hydrogen-bond acceptors (Lipinski definition) is 25. The molecule has 0 radical (unpaired) electrons. The van der Waals surface area contributed by atoms with Gasteiger partial charge in [0, 0.05) is 17.7 Å². The summed E-state index contributed by atoms with van der Waals surface area (Å²) in [5.41, 5.74) is -3.75. The van der Waals surface area contributed by atoms with E-state index in [0.717, 1.165) is 37.5 Å². The number of carbonyl (C=O) groups is 1. The number of aromatic hydroxyl groups is 5. The lowest BCUT2D eigenvalue weighted by molar-refractivity contribution is -0.338. The van der Waals surface area contributed by atoms with Crippen LogP contribution in [0.25, 0.3) is 28.4 Å². The van der Waals surface area contributed by atoms with Gasteiger partial charge in [-0.3, -0.25) is 4.79 Å². The zero-order chi connectivity index (χ0) is 49.4. The molecule has 7 rings (SSSR count). The minimum absolute atomic E-state index is 0.0873. The Hall–Kier alpha value is -6.04. The van der Waals surface area contributed by atoms with Crippen LogP contribution >= 0.6 is 0 Å². The van der Waals surface area contributed by atoms with Crippen molar-refractivity contribution in [3.8, 4) is 57.3 Å². The van der Waals surface area contributed by atoms with Crippen LogP contribution in [0.3, 0.4) is 0 Å². The highest BCUT2D eigenvalue weighted by molar-refractivity contribution is 5.91. The van der Waals surface area contributed by atoms with E-state index in [1.165, 1.54) is 31.4 Å². The second-order valence-corrected chi connectivity index (χ2v) is 15.8. The molecule has 3 aliphatic rings. The first-order chi connectivity index (χ1) is 32.3. The zero-order valence-corrected chi connectivity index (χ0v) is 35.7. The van der Waals surface area contributed by atoms with Crippen molar-refractivity contribution in [3.05, 3.63) is 64.3 Å². The number of phenols is 5. The van der Waals surface area contributed by atoms with Gasteiger partial charge in [-0.25, -0.2) is 4.79 Å². The molecule has 13 atom stereocenters. The number of hydrogen-bond donors (Lipinski definition) is 13. The highest BCUT2D eigenvalue weighted by Crippen LogP contribution is 2.45. The topological polar surface area (TPSA) is 393 Å². The Kier molecular flexibility index (Phi) is 14.9. The molecule has 68 heavy (non-hydrogen) atoms. The summed E-state index contributed by atoms with van der Waals surface area (Å²) in [6, 6.07) is 8.17. The van der Waals surface area contributed by atoms with Crippen molar-refractivity contribution in [2.45, 2.75) is 79.4 Å². The molecule has 0 spiro atoms. The lowest BCUT2D eigenvalue weighted by Crippen LogP contribution is -2.64. The molecule has 3 fully saturated rings. The number of esters is 1. The molecule has 13 N–H and O–H groups in total. The molecule has 4 heterocycles. The number of benzene rings is 3. The summed E-state index contributed by atoms with van der Waals surface area (Å²) in [6.07, 6.45) is -21.0. The molecule has 0 saturated carbocycles. The highest BCUT2D eigenvalue weighted by Gasteiger charge is 2.55. The fraction of sp³-hybridized carbons (Fsp3) is 0.442. The van der Waals surface area contributed by atoms with Gasteiger partial charge in [-0.1, -0.05) is 6.07 Å². The smallest absolute Gasteiger partial charge is 0.331 e. The fourth-order valence-electron chi connectivity index (χ4n) is 7.55. The largest absolute Gasteiger partial charge is 0.504 e. The molecule has 4 aromatic rings. The Bertz CT molecular complexity index is 2550. The van der Waals surface area contributed by atoms with Crippen LogP contribution in [0, 0.1) is 0 Å². The summed E-state index contributed by atoms with van der Waals surface area (Å²) in [4.78, 5) is 27.5. The average Bonchev–Trinajstić information content (AvgIpc) is 3.60. The minimum Gasteiger partial charge on any atom is -0.504 e. The summed E-state index contributed by atoms with van der Waals surface area (Å²) >= 11 is 0. The molecule has 25 heteroatoms. The van der Waals surface area contributed by atoms with Gasteiger partial charge < -0.3 is 113 Å². The molecule has 0 bridgehead atoms. The molecular weight excluding hydrogens is 916 g/mol. The van der Waals surface area contributed by atoms with Crippen LogP contribution in [0.5, 0.6) is 46.0 Å². The second kappa shape index (κ2) is 20.3. The maximum Gasteiger partial charge on any atom is 0.331 e. The summed E-state index contributed by atoms with van der Waals surface area (Å²) in [5, 5.41) is 137. The average molecular weight is 965 g/mol. The molecule has 3 aliphatic heterocycles. The number of carbonyl (C=O) groups excluding carboxylic acids is 1. The molecular formula is C43H48O25. The Morgan fingerprint density at radius 2 is 1.47 bits per heavy atom. The molecule has 0 aliphatic carbocycles. The summed E-state index contributed by atoms with van der Waals surface area (Å²) in [6.45, 7) is -3.48. The quantitative estimate of drug-likeness (QED) is 0.0340. The lowest BCUT2D eigenvalue weighted by atomic mass is 9.97. The predicted molar refractivity (Wildman–Crippen MR) is 222 cm³/mol. The van der Waals surface area contributed by atoms with E-state index in [4.69, 9.17) is 47.0 Å². The molecule has 0 amide bonds. The molecule has 1 aromatic heterocycles. The fourth-order valence-corrected chi connectivity index (χ4v) is 7.55. The van der Waals surface area contributed by atoms with E-state index in [-0.39, 0.29) is 17.1 Å². The van der Waals surface area contributed by atoms with Crippen LogP contribution in [-0.4, -0.2) is 192 Å². The number of phenolic OH excluding ortho intramolecular Hbond substituents is 5. The summed E-state index contributed by atoms with van der Waals surface area (Å²) in [5.74, 6) is -6.12. The van der Waals surface area contributed by atoms with Crippen molar-refractivity contribution in [1.82, 2.24) is 0 Å². The van der Waals surface area contributed by atoms with Gasteiger partial charge >= 0.3 is 5.97 Å². The van der Waals surface area contributed by atoms with Gasteiger partial charge in [0.15, 0.2) is 65.0 Å². The maximum absolute atomic E-state index is 14.4. The van der Waals surface area contributed by atoms with Crippen molar-refractivity contribution in [1.29, 1.82) is 0 Å². The van der Waals surface area contributed by atoms with Crippen molar-refractivity contribution in [3.63, 3.8) is 0 Å². The number of aliphatic hydroxyl groups excluding tert-OH is 7. The summed E-state index contributed by atoms with van der Waals surface area (Å²) in [7, 11) is 2.38. The lowest BCUT2D eigenvalue weighted by Gasteiger charge is -2.44. The van der Waals surface area contributed by atoms with E-state index < -0.39 is 168 Å². The van der Waals surface area contributed by atoms with E-state index >= 15 is 0 Å². The van der Waals surface area contributed by atoms with Crippen LogP contribution in [0.4, 0.5) is 0 Å². The normalized spacial score (nSPS) is 30.7. The third-order valence-corrected chi connectivity index (χ3v) is 11.4. The molecule has 3 saturated heterocycles. The predicted octanol–water partition coefficient (Wildman–Crippen LogP) is -2.26. The summed E-state index contributed by atoms with van der Waals surface area (Å²) < 4.78 is 56.1. The molecule has 25 nitrogen and oxygen atoms in total. The molecule has 370 valence electrons. The molecule has 13 unspecified atom stereocenters. The van der Waals surface area contributed by atoms with Gasteiger partial charge in [0.05, 0.1) is 40.6 Å². The van der Waals surface area contributed by atoms with E-state index in [1.54, 1.807) is 0 Å². The van der Waals surface area contributed by atoms with E-state index in [1.807, 2.05) is 0 Å². The van der Waals surface area contributed by atoms with E-state index in [9.17, 15) is 76.0 Å². The van der Waals surface area contributed by atoms with Crippen LogP contribution in [0.2, 0.25) is 0 Å². The van der Waals surface area contributed by atoms with Gasteiger partial charge in [-0.2, -0.15) is 0 Å². The van der Waals surface area contributed by atoms with Gasteiger partial charge in [0.2, 0.25) is 23.2 Å².